The number of nitrogens with zero attached hydrogens (tertiary/aromatic N) is 4. The van der Waals surface area contributed by atoms with Gasteiger partial charge in [0.1, 0.15) is 11.5 Å². The monoisotopic (exact) mass is 355 g/mol. The van der Waals surface area contributed by atoms with Crippen LogP contribution in [0.5, 0.6) is 0 Å². The number of hydrogen-bond donors (Lipinski definition) is 1. The van der Waals surface area contributed by atoms with E-state index in [0.29, 0.717) is 11.4 Å². The van der Waals surface area contributed by atoms with Gasteiger partial charge in [0.2, 0.25) is 0 Å². The lowest BCUT2D eigenvalue weighted by Gasteiger charge is -2.27. The van der Waals surface area contributed by atoms with Gasteiger partial charge in [-0.05, 0) is 37.1 Å². The number of benzene rings is 1. The van der Waals surface area contributed by atoms with E-state index in [1.807, 2.05) is 27.1 Å². The summed E-state index contributed by atoms with van der Waals surface area (Å²) in [5.74, 6) is -0.455. The van der Waals surface area contributed by atoms with Crippen LogP contribution in [0, 0.1) is 12.7 Å². The summed E-state index contributed by atoms with van der Waals surface area (Å²) < 4.78 is 14.9. The smallest absolute Gasteiger partial charge is 0.272 e. The van der Waals surface area contributed by atoms with Crippen LogP contribution >= 0.6 is 0 Å². The Labute approximate surface area is 151 Å². The Kier molecular flexibility index (Phi) is 4.88. The fourth-order valence-corrected chi connectivity index (χ4v) is 3.17. The van der Waals surface area contributed by atoms with Crippen LogP contribution in [0.1, 0.15) is 41.1 Å². The molecular weight excluding hydrogens is 333 g/mol. The number of aromatic nitrogens is 4. The minimum absolute atomic E-state index is 0.144. The molecule has 0 aliphatic carbocycles. The van der Waals surface area contributed by atoms with Gasteiger partial charge in [0.25, 0.3) is 5.91 Å². The average molecular weight is 355 g/mol. The molecule has 1 atom stereocenters. The predicted molar refractivity (Wildman–Crippen MR) is 97.1 cm³/mol. The molecule has 0 spiro atoms. The highest BCUT2D eigenvalue weighted by atomic mass is 19.1. The molecule has 26 heavy (non-hydrogen) atoms. The van der Waals surface area contributed by atoms with Crippen molar-refractivity contribution in [2.45, 2.75) is 26.3 Å². The molecule has 0 radical (unpaired) electrons. The summed E-state index contributed by atoms with van der Waals surface area (Å²) in [6.07, 6.45) is 2.59. The van der Waals surface area contributed by atoms with Crippen LogP contribution in [0.25, 0.3) is 11.3 Å². The molecular formula is C19H22FN5O. The Morgan fingerprint density at radius 3 is 2.62 bits per heavy atom. The second-order valence-corrected chi connectivity index (χ2v) is 6.36. The normalized spacial score (nSPS) is 12.2. The van der Waals surface area contributed by atoms with E-state index in [-0.39, 0.29) is 17.8 Å². The summed E-state index contributed by atoms with van der Waals surface area (Å²) >= 11 is 0. The number of rotatable bonds is 5. The molecule has 6 nitrogen and oxygen atoms in total. The summed E-state index contributed by atoms with van der Waals surface area (Å²) in [4.78, 5) is 14.5. The molecule has 2 heterocycles. The maximum absolute atomic E-state index is 13.2. The Balaban J connectivity index is 1.84. The molecule has 0 saturated heterocycles. The lowest BCUT2D eigenvalue weighted by molar-refractivity contribution is 0.0720. The SMILES string of the molecule is CC[C@H](c1ccc(F)cc1)N(C)C(=O)c1cc(-c2cn(C)nc2C)n[nH]1. The van der Waals surface area contributed by atoms with Gasteiger partial charge in [-0.1, -0.05) is 19.1 Å². The highest BCUT2D eigenvalue weighted by Crippen LogP contribution is 2.26. The number of aryl methyl sites for hydroxylation is 2. The fourth-order valence-electron chi connectivity index (χ4n) is 3.17. The molecule has 1 aromatic carbocycles. The van der Waals surface area contributed by atoms with Gasteiger partial charge in [0, 0.05) is 25.9 Å². The van der Waals surface area contributed by atoms with Crippen molar-refractivity contribution < 1.29 is 9.18 Å². The predicted octanol–water partition coefficient (Wildman–Crippen LogP) is 3.48. The molecule has 136 valence electrons. The van der Waals surface area contributed by atoms with E-state index in [4.69, 9.17) is 0 Å². The van der Waals surface area contributed by atoms with Crippen molar-refractivity contribution in [2.24, 2.45) is 7.05 Å². The zero-order valence-electron chi connectivity index (χ0n) is 15.3. The van der Waals surface area contributed by atoms with E-state index in [1.165, 1.54) is 12.1 Å². The number of carbonyl (C=O) groups is 1. The van der Waals surface area contributed by atoms with Crippen molar-refractivity contribution in [1.82, 2.24) is 24.9 Å². The largest absolute Gasteiger partial charge is 0.333 e. The first-order chi connectivity index (χ1) is 12.4. The molecule has 1 N–H and O–H groups in total. The van der Waals surface area contributed by atoms with Crippen LogP contribution in [0.15, 0.2) is 36.5 Å². The lowest BCUT2D eigenvalue weighted by Crippen LogP contribution is -2.31. The Morgan fingerprint density at radius 1 is 1.35 bits per heavy atom. The Bertz CT molecular complexity index is 912. The third-order valence-corrected chi connectivity index (χ3v) is 4.53. The van der Waals surface area contributed by atoms with Gasteiger partial charge in [0.15, 0.2) is 0 Å². The second-order valence-electron chi connectivity index (χ2n) is 6.36. The zero-order valence-corrected chi connectivity index (χ0v) is 15.3. The van der Waals surface area contributed by atoms with Crippen molar-refractivity contribution in [1.29, 1.82) is 0 Å². The van der Waals surface area contributed by atoms with Gasteiger partial charge in [-0.25, -0.2) is 4.39 Å². The first-order valence-corrected chi connectivity index (χ1v) is 8.49. The molecule has 0 aliphatic heterocycles. The quantitative estimate of drug-likeness (QED) is 0.762. The summed E-state index contributed by atoms with van der Waals surface area (Å²) in [5, 5.41) is 11.4. The van der Waals surface area contributed by atoms with E-state index in [1.54, 1.807) is 34.8 Å². The van der Waals surface area contributed by atoms with Crippen LogP contribution in [0.4, 0.5) is 4.39 Å². The van der Waals surface area contributed by atoms with Gasteiger partial charge >= 0.3 is 0 Å². The second kappa shape index (κ2) is 7.11. The summed E-state index contributed by atoms with van der Waals surface area (Å²) in [6, 6.07) is 7.84. The van der Waals surface area contributed by atoms with E-state index in [2.05, 4.69) is 15.3 Å². The highest BCUT2D eigenvalue weighted by Gasteiger charge is 2.23. The molecule has 0 bridgehead atoms. The van der Waals surface area contributed by atoms with Crippen LogP contribution < -0.4 is 0 Å². The van der Waals surface area contributed by atoms with Crippen molar-refractivity contribution in [2.75, 3.05) is 7.05 Å². The van der Waals surface area contributed by atoms with Gasteiger partial charge in [-0.3, -0.25) is 14.6 Å². The minimum Gasteiger partial charge on any atom is -0.333 e. The third kappa shape index (κ3) is 3.37. The number of carbonyl (C=O) groups excluding carboxylic acids is 1. The minimum atomic E-state index is -0.289. The first kappa shape index (κ1) is 17.8. The lowest BCUT2D eigenvalue weighted by atomic mass is 10.0. The van der Waals surface area contributed by atoms with Crippen LogP contribution in [-0.2, 0) is 7.05 Å². The van der Waals surface area contributed by atoms with Crippen LogP contribution in [0.3, 0.4) is 0 Å². The van der Waals surface area contributed by atoms with Gasteiger partial charge < -0.3 is 4.90 Å². The van der Waals surface area contributed by atoms with E-state index >= 15 is 0 Å². The number of halogens is 1. The topological polar surface area (TPSA) is 66.8 Å². The number of aromatic amines is 1. The summed E-state index contributed by atoms with van der Waals surface area (Å²) in [7, 11) is 3.59. The molecule has 0 fully saturated rings. The van der Waals surface area contributed by atoms with Crippen molar-refractivity contribution >= 4 is 5.91 Å². The average Bonchev–Trinajstić information content (AvgIpc) is 3.22. The molecule has 1 amide bonds. The number of hydrogen-bond acceptors (Lipinski definition) is 3. The number of H-pyrrole nitrogens is 1. The van der Waals surface area contributed by atoms with E-state index in [0.717, 1.165) is 23.2 Å². The standard InChI is InChI=1S/C19H22FN5O/c1-5-18(13-6-8-14(20)9-7-13)25(4)19(26)17-10-16(21-22-17)15-11-24(3)23-12(15)2/h6-11,18H,5H2,1-4H3,(H,21,22)/t18-/m1/s1. The fraction of sp³-hybridized carbons (Fsp3) is 0.316. The molecule has 3 aromatic rings. The first-order valence-electron chi connectivity index (χ1n) is 8.49. The van der Waals surface area contributed by atoms with Crippen LogP contribution in [0.2, 0.25) is 0 Å². The molecule has 7 heteroatoms. The van der Waals surface area contributed by atoms with Gasteiger partial charge in [-0.15, -0.1) is 0 Å². The highest BCUT2D eigenvalue weighted by molar-refractivity contribution is 5.93. The van der Waals surface area contributed by atoms with Gasteiger partial charge in [-0.2, -0.15) is 10.2 Å². The molecule has 0 aliphatic rings. The summed E-state index contributed by atoms with van der Waals surface area (Å²) in [5.41, 5.74) is 3.72. The maximum Gasteiger partial charge on any atom is 0.272 e. The van der Waals surface area contributed by atoms with E-state index in [9.17, 15) is 9.18 Å². The molecule has 0 saturated carbocycles. The Morgan fingerprint density at radius 2 is 2.04 bits per heavy atom. The van der Waals surface area contributed by atoms with Gasteiger partial charge in [0.05, 0.1) is 17.4 Å². The number of nitrogens with one attached hydrogen (secondary N) is 1. The number of amides is 1. The van der Waals surface area contributed by atoms with Crippen molar-refractivity contribution in [3.8, 4) is 11.3 Å². The van der Waals surface area contributed by atoms with Crippen LogP contribution in [-0.4, -0.2) is 37.8 Å². The zero-order chi connectivity index (χ0) is 18.8. The van der Waals surface area contributed by atoms with Crippen molar-refractivity contribution in [3.63, 3.8) is 0 Å². The Hall–Kier alpha value is -2.96. The maximum atomic E-state index is 13.2. The molecule has 2 aromatic heterocycles. The third-order valence-electron chi connectivity index (χ3n) is 4.53. The molecule has 3 rings (SSSR count). The van der Waals surface area contributed by atoms with E-state index < -0.39 is 0 Å². The summed E-state index contributed by atoms with van der Waals surface area (Å²) in [6.45, 7) is 3.90. The molecule has 0 unspecified atom stereocenters. The van der Waals surface area contributed by atoms with Crippen molar-refractivity contribution in [3.05, 3.63) is 59.3 Å².